The molecule has 0 unspecified atom stereocenters. The Hall–Kier alpha value is -2.98. The van der Waals surface area contributed by atoms with Crippen LogP contribution in [-0.4, -0.2) is 64.7 Å². The highest BCUT2D eigenvalue weighted by atomic mass is 35.5. The van der Waals surface area contributed by atoms with Gasteiger partial charge in [0.25, 0.3) is 0 Å². The van der Waals surface area contributed by atoms with Crippen LogP contribution in [0, 0.1) is 5.92 Å². The standard InChI is InChI=1S/C26H36ClN3O6S/c1-7-22(26(32)28-15-18(2)3)29(16-19-8-11-21(35-4)12-9-19)25(31)17-30(37(6,33)34)23-14-20(27)10-13-24(23)36-5/h8-14,18,22H,7,15-17H2,1-6H3,(H,28,32)/t22-/m0/s1. The molecular weight excluding hydrogens is 518 g/mol. The molecule has 0 aliphatic heterocycles. The minimum atomic E-state index is -3.92. The largest absolute Gasteiger partial charge is 0.497 e. The second kappa shape index (κ2) is 13.5. The lowest BCUT2D eigenvalue weighted by atomic mass is 10.1. The molecule has 2 aromatic carbocycles. The molecule has 2 amide bonds. The van der Waals surface area contributed by atoms with Crippen molar-refractivity contribution in [3.8, 4) is 11.5 Å². The molecule has 0 spiro atoms. The molecule has 1 N–H and O–H groups in total. The first-order chi connectivity index (χ1) is 17.4. The summed E-state index contributed by atoms with van der Waals surface area (Å²) in [4.78, 5) is 28.3. The van der Waals surface area contributed by atoms with E-state index in [4.69, 9.17) is 21.1 Å². The summed E-state index contributed by atoms with van der Waals surface area (Å²) in [6, 6.07) is 10.8. The molecule has 0 aromatic heterocycles. The normalized spacial score (nSPS) is 12.1. The number of benzene rings is 2. The van der Waals surface area contributed by atoms with Gasteiger partial charge in [-0.25, -0.2) is 8.42 Å². The van der Waals surface area contributed by atoms with Crippen LogP contribution < -0.4 is 19.1 Å². The van der Waals surface area contributed by atoms with E-state index in [1.54, 1.807) is 37.4 Å². The van der Waals surface area contributed by atoms with Crippen LogP contribution in [0.2, 0.25) is 5.02 Å². The predicted octanol–water partition coefficient (Wildman–Crippen LogP) is 3.70. The highest BCUT2D eigenvalue weighted by molar-refractivity contribution is 7.92. The minimum absolute atomic E-state index is 0.0979. The molecule has 2 rings (SSSR count). The molecular formula is C26H36ClN3O6S. The zero-order valence-corrected chi connectivity index (χ0v) is 23.7. The van der Waals surface area contributed by atoms with E-state index in [0.717, 1.165) is 16.1 Å². The van der Waals surface area contributed by atoms with Gasteiger partial charge in [0.05, 0.1) is 26.2 Å². The van der Waals surface area contributed by atoms with Crippen LogP contribution in [0.3, 0.4) is 0 Å². The lowest BCUT2D eigenvalue weighted by Crippen LogP contribution is -2.52. The molecule has 11 heteroatoms. The van der Waals surface area contributed by atoms with E-state index in [1.165, 1.54) is 24.1 Å². The Morgan fingerprint density at radius 3 is 2.22 bits per heavy atom. The van der Waals surface area contributed by atoms with Gasteiger partial charge in [-0.2, -0.15) is 0 Å². The summed E-state index contributed by atoms with van der Waals surface area (Å²) in [5, 5.41) is 3.18. The Balaban J connectivity index is 2.48. The van der Waals surface area contributed by atoms with Crippen molar-refractivity contribution in [3.63, 3.8) is 0 Å². The molecule has 2 aromatic rings. The zero-order valence-electron chi connectivity index (χ0n) is 22.2. The summed E-state index contributed by atoms with van der Waals surface area (Å²) in [5.74, 6) is 0.271. The van der Waals surface area contributed by atoms with Crippen LogP contribution in [0.5, 0.6) is 11.5 Å². The first-order valence-electron chi connectivity index (χ1n) is 11.9. The number of hydrogen-bond acceptors (Lipinski definition) is 6. The maximum atomic E-state index is 13.8. The van der Waals surface area contributed by atoms with Crippen molar-refractivity contribution in [2.24, 2.45) is 5.92 Å². The van der Waals surface area contributed by atoms with Crippen LogP contribution in [0.1, 0.15) is 32.8 Å². The van der Waals surface area contributed by atoms with Crippen molar-refractivity contribution >= 4 is 39.1 Å². The van der Waals surface area contributed by atoms with Crippen LogP contribution >= 0.6 is 11.6 Å². The number of rotatable bonds is 13. The maximum absolute atomic E-state index is 13.8. The van der Waals surface area contributed by atoms with Gasteiger partial charge in [-0.1, -0.05) is 44.5 Å². The molecule has 0 aliphatic rings. The summed E-state index contributed by atoms with van der Waals surface area (Å²) < 4.78 is 37.1. The third kappa shape index (κ3) is 8.53. The molecule has 0 saturated heterocycles. The van der Waals surface area contributed by atoms with Crippen molar-refractivity contribution in [2.45, 2.75) is 39.8 Å². The smallest absolute Gasteiger partial charge is 0.244 e. The number of anilines is 1. The number of carbonyl (C=O) groups excluding carboxylic acids is 2. The van der Waals surface area contributed by atoms with Gasteiger partial charge in [0.1, 0.15) is 24.1 Å². The van der Waals surface area contributed by atoms with Crippen LogP contribution in [-0.2, 0) is 26.2 Å². The fourth-order valence-corrected chi connectivity index (χ4v) is 4.73. The predicted molar refractivity (Wildman–Crippen MR) is 146 cm³/mol. The van der Waals surface area contributed by atoms with Crippen LogP contribution in [0.25, 0.3) is 0 Å². The average molecular weight is 554 g/mol. The van der Waals surface area contributed by atoms with Gasteiger partial charge in [0.2, 0.25) is 21.8 Å². The number of nitrogens with zero attached hydrogens (tertiary/aromatic N) is 2. The van der Waals surface area contributed by atoms with E-state index in [9.17, 15) is 18.0 Å². The van der Waals surface area contributed by atoms with E-state index in [2.05, 4.69) is 5.32 Å². The number of sulfonamides is 1. The van der Waals surface area contributed by atoms with Gasteiger partial charge in [0.15, 0.2) is 0 Å². The van der Waals surface area contributed by atoms with Crippen LogP contribution in [0.4, 0.5) is 5.69 Å². The van der Waals surface area contributed by atoms with Crippen molar-refractivity contribution in [3.05, 3.63) is 53.1 Å². The average Bonchev–Trinajstić information content (AvgIpc) is 2.85. The number of nitrogens with one attached hydrogen (secondary N) is 1. The molecule has 0 radical (unpaired) electrons. The zero-order chi connectivity index (χ0) is 27.8. The highest BCUT2D eigenvalue weighted by Crippen LogP contribution is 2.33. The van der Waals surface area contributed by atoms with Crippen molar-refractivity contribution < 1.29 is 27.5 Å². The molecule has 9 nitrogen and oxygen atoms in total. The molecule has 0 bridgehead atoms. The van der Waals surface area contributed by atoms with E-state index >= 15 is 0 Å². The summed E-state index contributed by atoms with van der Waals surface area (Å²) in [5.41, 5.74) is 0.892. The van der Waals surface area contributed by atoms with Gasteiger partial charge in [-0.05, 0) is 48.2 Å². The van der Waals surface area contributed by atoms with Crippen LogP contribution in [0.15, 0.2) is 42.5 Å². The minimum Gasteiger partial charge on any atom is -0.497 e. The van der Waals surface area contributed by atoms with Crippen molar-refractivity contribution in [1.29, 1.82) is 0 Å². The Morgan fingerprint density at radius 1 is 1.05 bits per heavy atom. The number of carbonyl (C=O) groups is 2. The molecule has 37 heavy (non-hydrogen) atoms. The van der Waals surface area contributed by atoms with Gasteiger partial charge >= 0.3 is 0 Å². The molecule has 1 atom stereocenters. The fraction of sp³-hybridized carbons (Fsp3) is 0.462. The monoisotopic (exact) mass is 553 g/mol. The van der Waals surface area contributed by atoms with Crippen molar-refractivity contribution in [2.75, 3.05) is 37.9 Å². The van der Waals surface area contributed by atoms with E-state index in [-0.39, 0.29) is 34.8 Å². The summed E-state index contributed by atoms with van der Waals surface area (Å²) in [6.45, 7) is 5.77. The topological polar surface area (TPSA) is 105 Å². The summed E-state index contributed by atoms with van der Waals surface area (Å²) in [6.07, 6.45) is 1.34. The first kappa shape index (κ1) is 30.2. The molecule has 0 aliphatic carbocycles. The lowest BCUT2D eigenvalue weighted by molar-refractivity contribution is -0.140. The number of methoxy groups -OCH3 is 2. The van der Waals surface area contributed by atoms with Gasteiger partial charge in [0, 0.05) is 18.1 Å². The van der Waals surface area contributed by atoms with E-state index < -0.39 is 28.5 Å². The SMILES string of the molecule is CC[C@@H](C(=O)NCC(C)C)N(Cc1ccc(OC)cc1)C(=O)CN(c1cc(Cl)ccc1OC)S(C)(=O)=O. The quantitative estimate of drug-likeness (QED) is 0.405. The maximum Gasteiger partial charge on any atom is 0.244 e. The fourth-order valence-electron chi connectivity index (χ4n) is 3.72. The number of halogens is 1. The lowest BCUT2D eigenvalue weighted by Gasteiger charge is -2.33. The molecule has 204 valence electrons. The number of hydrogen-bond donors (Lipinski definition) is 1. The molecule has 0 fully saturated rings. The Kier molecular flexibility index (Phi) is 11.1. The first-order valence-corrected chi connectivity index (χ1v) is 14.1. The number of ether oxygens (including phenoxy) is 2. The van der Waals surface area contributed by atoms with E-state index in [1.807, 2.05) is 20.8 Å². The van der Waals surface area contributed by atoms with Gasteiger partial charge in [-0.3, -0.25) is 13.9 Å². The van der Waals surface area contributed by atoms with E-state index in [0.29, 0.717) is 18.7 Å². The van der Waals surface area contributed by atoms with Crippen molar-refractivity contribution in [1.82, 2.24) is 10.2 Å². The van der Waals surface area contributed by atoms with Gasteiger partial charge in [-0.15, -0.1) is 0 Å². The summed E-state index contributed by atoms with van der Waals surface area (Å²) >= 11 is 6.14. The van der Waals surface area contributed by atoms with Gasteiger partial charge < -0.3 is 19.7 Å². The molecule has 0 saturated carbocycles. The Morgan fingerprint density at radius 2 is 1.70 bits per heavy atom. The number of amides is 2. The summed E-state index contributed by atoms with van der Waals surface area (Å²) in [7, 11) is -0.965. The molecule has 0 heterocycles. The Labute approximate surface area is 224 Å². The second-order valence-corrected chi connectivity index (χ2v) is 11.4. The second-order valence-electron chi connectivity index (χ2n) is 9.02. The third-order valence-electron chi connectivity index (χ3n) is 5.67. The Bertz CT molecular complexity index is 1170. The highest BCUT2D eigenvalue weighted by Gasteiger charge is 2.32. The third-order valence-corrected chi connectivity index (χ3v) is 7.03.